The Balaban J connectivity index is 1.71. The minimum absolute atomic E-state index is 0.254. The molecule has 3 aliphatic rings. The SMILES string of the molecule is CCC(CC1C=CC(C)=CC1)(C(O)C1=CCC(N2CCOCC2)C=C1)N(C)C. The van der Waals surface area contributed by atoms with Crippen LogP contribution in [-0.4, -0.2) is 73.0 Å². The molecule has 0 aromatic carbocycles. The molecule has 4 nitrogen and oxygen atoms in total. The first-order chi connectivity index (χ1) is 13.5. The number of rotatable bonds is 7. The molecule has 0 aromatic rings. The third kappa shape index (κ3) is 4.68. The van der Waals surface area contributed by atoms with Crippen LogP contribution >= 0.6 is 0 Å². The molecule has 156 valence electrons. The lowest BCUT2D eigenvalue weighted by molar-refractivity contribution is -0.00156. The van der Waals surface area contributed by atoms with Gasteiger partial charge in [0.1, 0.15) is 0 Å². The number of aliphatic hydroxyl groups is 1. The first-order valence-corrected chi connectivity index (χ1v) is 10.9. The van der Waals surface area contributed by atoms with Gasteiger partial charge in [-0.15, -0.1) is 0 Å². The number of hydrogen-bond acceptors (Lipinski definition) is 4. The second-order valence-corrected chi connectivity index (χ2v) is 8.78. The molecule has 0 spiro atoms. The summed E-state index contributed by atoms with van der Waals surface area (Å²) < 4.78 is 5.48. The zero-order chi connectivity index (χ0) is 20.1. The summed E-state index contributed by atoms with van der Waals surface area (Å²) in [5.41, 5.74) is 2.16. The highest BCUT2D eigenvalue weighted by molar-refractivity contribution is 5.32. The van der Waals surface area contributed by atoms with E-state index in [-0.39, 0.29) is 5.54 Å². The van der Waals surface area contributed by atoms with Crippen molar-refractivity contribution in [2.75, 3.05) is 40.4 Å². The van der Waals surface area contributed by atoms with Crippen LogP contribution in [0.3, 0.4) is 0 Å². The van der Waals surface area contributed by atoms with E-state index >= 15 is 0 Å². The Kier molecular flexibility index (Phi) is 7.32. The highest BCUT2D eigenvalue weighted by atomic mass is 16.5. The fourth-order valence-corrected chi connectivity index (χ4v) is 4.89. The predicted molar refractivity (Wildman–Crippen MR) is 116 cm³/mol. The van der Waals surface area contributed by atoms with Crippen LogP contribution in [0.15, 0.2) is 47.6 Å². The van der Waals surface area contributed by atoms with Gasteiger partial charge in [-0.2, -0.15) is 0 Å². The minimum atomic E-state index is -0.477. The summed E-state index contributed by atoms with van der Waals surface area (Å²) in [6, 6.07) is 0.435. The van der Waals surface area contributed by atoms with Crippen molar-refractivity contribution in [3.63, 3.8) is 0 Å². The van der Waals surface area contributed by atoms with E-state index < -0.39 is 6.10 Å². The molecule has 0 aromatic heterocycles. The molecule has 28 heavy (non-hydrogen) atoms. The Morgan fingerprint density at radius 3 is 2.46 bits per heavy atom. The fourth-order valence-electron chi connectivity index (χ4n) is 4.89. The van der Waals surface area contributed by atoms with E-state index in [2.05, 4.69) is 74.2 Å². The molecule has 1 N–H and O–H groups in total. The first kappa shape index (κ1) is 21.5. The Labute approximate surface area is 171 Å². The largest absolute Gasteiger partial charge is 0.386 e. The van der Waals surface area contributed by atoms with Crippen molar-refractivity contribution < 1.29 is 9.84 Å². The van der Waals surface area contributed by atoms with Crippen LogP contribution in [0.5, 0.6) is 0 Å². The van der Waals surface area contributed by atoms with Crippen molar-refractivity contribution in [3.05, 3.63) is 47.6 Å². The molecule has 0 saturated carbocycles. The van der Waals surface area contributed by atoms with E-state index in [4.69, 9.17) is 4.74 Å². The van der Waals surface area contributed by atoms with Gasteiger partial charge < -0.3 is 14.7 Å². The van der Waals surface area contributed by atoms with Crippen LogP contribution in [-0.2, 0) is 4.74 Å². The van der Waals surface area contributed by atoms with Gasteiger partial charge in [0.25, 0.3) is 0 Å². The third-order valence-corrected chi connectivity index (χ3v) is 6.94. The number of allylic oxidation sites excluding steroid dienone is 4. The molecular formula is C24H38N2O2. The number of hydrogen-bond donors (Lipinski definition) is 1. The highest BCUT2D eigenvalue weighted by Gasteiger charge is 2.41. The predicted octanol–water partition coefficient (Wildman–Crippen LogP) is 3.56. The smallest absolute Gasteiger partial charge is 0.0970 e. The van der Waals surface area contributed by atoms with E-state index in [1.54, 1.807) is 0 Å². The Morgan fingerprint density at radius 2 is 1.93 bits per heavy atom. The second kappa shape index (κ2) is 9.53. The van der Waals surface area contributed by atoms with E-state index in [0.29, 0.717) is 12.0 Å². The zero-order valence-electron chi connectivity index (χ0n) is 18.1. The van der Waals surface area contributed by atoms with Gasteiger partial charge in [-0.1, -0.05) is 49.0 Å². The summed E-state index contributed by atoms with van der Waals surface area (Å²) in [5, 5.41) is 11.5. The summed E-state index contributed by atoms with van der Waals surface area (Å²) in [6.07, 6.45) is 17.0. The molecule has 1 saturated heterocycles. The van der Waals surface area contributed by atoms with E-state index in [1.165, 1.54) is 5.57 Å². The number of nitrogens with zero attached hydrogens (tertiary/aromatic N) is 2. The van der Waals surface area contributed by atoms with Crippen LogP contribution in [0, 0.1) is 5.92 Å². The molecule has 0 radical (unpaired) electrons. The topological polar surface area (TPSA) is 35.9 Å². The van der Waals surface area contributed by atoms with Crippen LogP contribution in [0.1, 0.15) is 39.5 Å². The summed E-state index contributed by atoms with van der Waals surface area (Å²) in [7, 11) is 4.23. The van der Waals surface area contributed by atoms with Crippen LogP contribution < -0.4 is 0 Å². The van der Waals surface area contributed by atoms with Crippen LogP contribution in [0.4, 0.5) is 0 Å². The van der Waals surface area contributed by atoms with Crippen molar-refractivity contribution in [1.29, 1.82) is 0 Å². The monoisotopic (exact) mass is 386 g/mol. The van der Waals surface area contributed by atoms with Gasteiger partial charge in [-0.05, 0) is 58.2 Å². The molecule has 2 aliphatic carbocycles. The maximum absolute atomic E-state index is 11.5. The normalized spacial score (nSPS) is 29.4. The third-order valence-electron chi connectivity index (χ3n) is 6.94. The Hall–Kier alpha value is -1.20. The number of morpholine rings is 1. The van der Waals surface area contributed by atoms with Crippen molar-refractivity contribution in [2.45, 2.75) is 57.2 Å². The van der Waals surface area contributed by atoms with Gasteiger partial charge in [0.15, 0.2) is 0 Å². The summed E-state index contributed by atoms with van der Waals surface area (Å²) >= 11 is 0. The molecule has 4 heteroatoms. The molecule has 3 rings (SSSR count). The molecule has 4 atom stereocenters. The first-order valence-electron chi connectivity index (χ1n) is 10.9. The standard InChI is InChI=1S/C24H38N2O2/c1-5-24(25(3)4,18-20-8-6-19(2)7-9-20)23(27)21-10-12-22(13-11-21)26-14-16-28-17-15-26/h6-8,10-12,20,22-23,27H,5,9,13-18H2,1-4H3. The van der Waals surface area contributed by atoms with Crippen molar-refractivity contribution in [2.24, 2.45) is 5.92 Å². The second-order valence-electron chi connectivity index (χ2n) is 8.78. The number of likely N-dealkylation sites (N-methyl/N-ethyl adjacent to an activating group) is 1. The lowest BCUT2D eigenvalue weighted by atomic mass is 9.74. The van der Waals surface area contributed by atoms with Gasteiger partial charge in [0.2, 0.25) is 0 Å². The Morgan fingerprint density at radius 1 is 1.18 bits per heavy atom. The van der Waals surface area contributed by atoms with Crippen molar-refractivity contribution >= 4 is 0 Å². The molecule has 4 unspecified atom stereocenters. The average Bonchev–Trinajstić information content (AvgIpc) is 2.73. The van der Waals surface area contributed by atoms with E-state index in [9.17, 15) is 5.11 Å². The van der Waals surface area contributed by atoms with Gasteiger partial charge >= 0.3 is 0 Å². The highest BCUT2D eigenvalue weighted by Crippen LogP contribution is 2.37. The van der Waals surface area contributed by atoms with Crippen molar-refractivity contribution in [1.82, 2.24) is 9.80 Å². The quantitative estimate of drug-likeness (QED) is 0.726. The summed E-state index contributed by atoms with van der Waals surface area (Å²) in [6.45, 7) is 8.01. The minimum Gasteiger partial charge on any atom is -0.386 e. The maximum Gasteiger partial charge on any atom is 0.0970 e. The average molecular weight is 387 g/mol. The summed E-state index contributed by atoms with van der Waals surface area (Å²) in [4.78, 5) is 4.74. The molecule has 1 heterocycles. The van der Waals surface area contributed by atoms with Crippen molar-refractivity contribution in [3.8, 4) is 0 Å². The molecule has 0 amide bonds. The maximum atomic E-state index is 11.5. The van der Waals surface area contributed by atoms with Gasteiger partial charge in [0.05, 0.1) is 24.9 Å². The Bertz CT molecular complexity index is 643. The lowest BCUT2D eigenvalue weighted by Crippen LogP contribution is -2.55. The summed E-state index contributed by atoms with van der Waals surface area (Å²) in [5.74, 6) is 0.481. The fraction of sp³-hybridized carbons (Fsp3) is 0.667. The molecule has 0 bridgehead atoms. The van der Waals surface area contributed by atoms with Gasteiger partial charge in [-0.3, -0.25) is 4.90 Å². The molecule has 1 aliphatic heterocycles. The zero-order valence-corrected chi connectivity index (χ0v) is 18.1. The van der Waals surface area contributed by atoms with E-state index in [1.807, 2.05) is 0 Å². The number of aliphatic hydroxyl groups excluding tert-OH is 1. The molecular weight excluding hydrogens is 348 g/mol. The van der Waals surface area contributed by atoms with E-state index in [0.717, 1.165) is 57.6 Å². The lowest BCUT2D eigenvalue weighted by Gasteiger charge is -2.46. The van der Waals surface area contributed by atoms with Gasteiger partial charge in [-0.25, -0.2) is 0 Å². The molecule has 1 fully saturated rings. The van der Waals surface area contributed by atoms with Crippen LogP contribution in [0.25, 0.3) is 0 Å². The number of ether oxygens (including phenoxy) is 1. The van der Waals surface area contributed by atoms with Gasteiger partial charge in [0, 0.05) is 19.1 Å². The van der Waals surface area contributed by atoms with Crippen LogP contribution in [0.2, 0.25) is 0 Å².